The summed E-state index contributed by atoms with van der Waals surface area (Å²) in [6.45, 7) is 3.19. The molecular formula is C11H11N3O2. The van der Waals surface area contributed by atoms with E-state index in [-0.39, 0.29) is 5.91 Å². The molecule has 1 aromatic carbocycles. The molecule has 0 spiro atoms. The highest BCUT2D eigenvalue weighted by atomic mass is 16.5. The van der Waals surface area contributed by atoms with E-state index in [1.807, 2.05) is 12.1 Å². The van der Waals surface area contributed by atoms with E-state index >= 15 is 0 Å². The summed E-state index contributed by atoms with van der Waals surface area (Å²) < 4.78 is 4.89. The molecule has 0 aliphatic heterocycles. The van der Waals surface area contributed by atoms with Gasteiger partial charge in [0.25, 0.3) is 0 Å². The van der Waals surface area contributed by atoms with E-state index in [0.29, 0.717) is 17.4 Å². The summed E-state index contributed by atoms with van der Waals surface area (Å²) in [7, 11) is 0. The summed E-state index contributed by atoms with van der Waals surface area (Å²) in [4.78, 5) is 15.0. The lowest BCUT2D eigenvalue weighted by molar-refractivity contribution is -0.114. The number of carbonyl (C=O) groups is 1. The molecule has 82 valence electrons. The van der Waals surface area contributed by atoms with Crippen LogP contribution in [0.1, 0.15) is 12.8 Å². The molecule has 0 unspecified atom stereocenters. The minimum atomic E-state index is -0.110. The number of rotatable bonds is 2. The fraction of sp³-hybridized carbons (Fsp3) is 0.182. The van der Waals surface area contributed by atoms with Crippen LogP contribution in [0.4, 0.5) is 5.69 Å². The highest BCUT2D eigenvalue weighted by Crippen LogP contribution is 2.19. The van der Waals surface area contributed by atoms with E-state index in [1.54, 1.807) is 19.1 Å². The number of nitrogens with one attached hydrogen (secondary N) is 1. The van der Waals surface area contributed by atoms with Crippen molar-refractivity contribution in [2.24, 2.45) is 0 Å². The first kappa shape index (κ1) is 10.4. The molecule has 5 heteroatoms. The van der Waals surface area contributed by atoms with Gasteiger partial charge in [-0.3, -0.25) is 4.79 Å². The Bertz CT molecular complexity index is 519. The van der Waals surface area contributed by atoms with Crippen LogP contribution in [-0.2, 0) is 4.79 Å². The Balaban J connectivity index is 2.32. The fourth-order valence-corrected chi connectivity index (χ4v) is 1.36. The summed E-state index contributed by atoms with van der Waals surface area (Å²) in [6.07, 6.45) is 0. The summed E-state index contributed by atoms with van der Waals surface area (Å²) in [5.74, 6) is 0.922. The molecule has 1 N–H and O–H groups in total. The number of hydrogen-bond acceptors (Lipinski definition) is 4. The number of nitrogens with zero attached hydrogens (tertiary/aromatic N) is 2. The first-order valence-corrected chi connectivity index (χ1v) is 4.83. The molecule has 16 heavy (non-hydrogen) atoms. The molecule has 1 amide bonds. The van der Waals surface area contributed by atoms with Gasteiger partial charge < -0.3 is 9.84 Å². The molecule has 0 saturated heterocycles. The molecular weight excluding hydrogens is 206 g/mol. The van der Waals surface area contributed by atoms with Crippen molar-refractivity contribution in [2.45, 2.75) is 13.8 Å². The van der Waals surface area contributed by atoms with Gasteiger partial charge in [0.05, 0.1) is 0 Å². The van der Waals surface area contributed by atoms with Gasteiger partial charge in [0, 0.05) is 25.1 Å². The van der Waals surface area contributed by atoms with Crippen LogP contribution in [-0.4, -0.2) is 16.0 Å². The lowest BCUT2D eigenvalue weighted by Crippen LogP contribution is -2.05. The van der Waals surface area contributed by atoms with Crippen molar-refractivity contribution in [2.75, 3.05) is 5.32 Å². The molecule has 0 saturated carbocycles. The molecule has 0 aliphatic rings. The number of carbonyl (C=O) groups excluding carboxylic acids is 1. The maximum absolute atomic E-state index is 10.9. The summed E-state index contributed by atoms with van der Waals surface area (Å²) in [6, 6.07) is 7.28. The van der Waals surface area contributed by atoms with Crippen molar-refractivity contribution in [1.29, 1.82) is 0 Å². The lowest BCUT2D eigenvalue weighted by atomic mass is 10.2. The lowest BCUT2D eigenvalue weighted by Gasteiger charge is -2.02. The molecule has 2 aromatic rings. The van der Waals surface area contributed by atoms with Crippen molar-refractivity contribution in [3.63, 3.8) is 0 Å². The van der Waals surface area contributed by atoms with Gasteiger partial charge in [-0.05, 0) is 12.1 Å². The Hall–Kier alpha value is -2.17. The number of amides is 1. The maximum Gasteiger partial charge on any atom is 0.223 e. The zero-order valence-electron chi connectivity index (χ0n) is 9.02. The first-order chi connectivity index (χ1) is 7.65. The van der Waals surface area contributed by atoms with E-state index in [2.05, 4.69) is 15.5 Å². The van der Waals surface area contributed by atoms with Gasteiger partial charge in [-0.25, -0.2) is 0 Å². The topological polar surface area (TPSA) is 68.0 Å². The SMILES string of the molecule is CC(=O)Nc1cccc(-c2noc(C)n2)c1. The van der Waals surface area contributed by atoms with E-state index in [9.17, 15) is 4.79 Å². The predicted molar refractivity (Wildman–Crippen MR) is 58.8 cm³/mol. The van der Waals surface area contributed by atoms with E-state index in [1.165, 1.54) is 6.92 Å². The highest BCUT2D eigenvalue weighted by molar-refractivity contribution is 5.89. The fourth-order valence-electron chi connectivity index (χ4n) is 1.36. The normalized spacial score (nSPS) is 10.1. The van der Waals surface area contributed by atoms with Gasteiger partial charge in [0.2, 0.25) is 17.6 Å². The number of hydrogen-bond donors (Lipinski definition) is 1. The molecule has 1 aromatic heterocycles. The second kappa shape index (κ2) is 4.14. The molecule has 0 aliphatic carbocycles. The summed E-state index contributed by atoms with van der Waals surface area (Å²) in [5.41, 5.74) is 1.52. The monoisotopic (exact) mass is 217 g/mol. The second-order valence-corrected chi connectivity index (χ2v) is 3.40. The van der Waals surface area contributed by atoms with Crippen molar-refractivity contribution in [1.82, 2.24) is 10.1 Å². The predicted octanol–water partition coefficient (Wildman–Crippen LogP) is 2.00. The van der Waals surface area contributed by atoms with Crippen LogP contribution in [0.2, 0.25) is 0 Å². The van der Waals surface area contributed by atoms with Crippen LogP contribution in [0, 0.1) is 6.92 Å². The molecule has 1 heterocycles. The second-order valence-electron chi connectivity index (χ2n) is 3.40. The van der Waals surface area contributed by atoms with Crippen LogP contribution in [0.25, 0.3) is 11.4 Å². The molecule has 0 radical (unpaired) electrons. The first-order valence-electron chi connectivity index (χ1n) is 4.83. The van der Waals surface area contributed by atoms with Gasteiger partial charge in [-0.1, -0.05) is 17.3 Å². The zero-order valence-corrected chi connectivity index (χ0v) is 9.02. The number of anilines is 1. The van der Waals surface area contributed by atoms with Crippen molar-refractivity contribution >= 4 is 11.6 Å². The Morgan fingerprint density at radius 1 is 1.44 bits per heavy atom. The van der Waals surface area contributed by atoms with E-state index in [0.717, 1.165) is 5.56 Å². The quantitative estimate of drug-likeness (QED) is 0.835. The average molecular weight is 217 g/mol. The van der Waals surface area contributed by atoms with Crippen LogP contribution >= 0.6 is 0 Å². The van der Waals surface area contributed by atoms with Gasteiger partial charge >= 0.3 is 0 Å². The van der Waals surface area contributed by atoms with Crippen molar-refractivity contribution in [3.05, 3.63) is 30.2 Å². The van der Waals surface area contributed by atoms with E-state index in [4.69, 9.17) is 4.52 Å². The van der Waals surface area contributed by atoms with Crippen LogP contribution < -0.4 is 5.32 Å². The largest absolute Gasteiger partial charge is 0.339 e. The molecule has 0 fully saturated rings. The third kappa shape index (κ3) is 2.25. The molecule has 0 bridgehead atoms. The van der Waals surface area contributed by atoms with Crippen LogP contribution in [0.5, 0.6) is 0 Å². The minimum Gasteiger partial charge on any atom is -0.339 e. The summed E-state index contributed by atoms with van der Waals surface area (Å²) in [5, 5.41) is 6.50. The smallest absolute Gasteiger partial charge is 0.223 e. The molecule has 5 nitrogen and oxygen atoms in total. The van der Waals surface area contributed by atoms with Crippen molar-refractivity contribution in [3.8, 4) is 11.4 Å². The third-order valence-electron chi connectivity index (χ3n) is 1.97. The maximum atomic E-state index is 10.9. The Morgan fingerprint density at radius 3 is 2.88 bits per heavy atom. The van der Waals surface area contributed by atoms with E-state index < -0.39 is 0 Å². The number of aryl methyl sites for hydroxylation is 1. The third-order valence-corrected chi connectivity index (χ3v) is 1.97. The number of aromatic nitrogens is 2. The van der Waals surface area contributed by atoms with Crippen molar-refractivity contribution < 1.29 is 9.32 Å². The minimum absolute atomic E-state index is 0.110. The van der Waals surface area contributed by atoms with Gasteiger partial charge in [-0.2, -0.15) is 4.98 Å². The standard InChI is InChI=1S/C11H11N3O2/c1-7(15)12-10-5-3-4-9(6-10)11-13-8(2)16-14-11/h3-6H,1-2H3,(H,12,15). The Kier molecular flexibility index (Phi) is 2.68. The van der Waals surface area contributed by atoms with Gasteiger partial charge in [-0.15, -0.1) is 0 Å². The zero-order chi connectivity index (χ0) is 11.5. The average Bonchev–Trinajstić information content (AvgIpc) is 2.64. The number of benzene rings is 1. The molecule has 0 atom stereocenters. The van der Waals surface area contributed by atoms with Crippen LogP contribution in [0.15, 0.2) is 28.8 Å². The van der Waals surface area contributed by atoms with Crippen LogP contribution in [0.3, 0.4) is 0 Å². The Morgan fingerprint density at radius 2 is 2.25 bits per heavy atom. The highest BCUT2D eigenvalue weighted by Gasteiger charge is 2.06. The van der Waals surface area contributed by atoms with Gasteiger partial charge in [0.1, 0.15) is 0 Å². The Labute approximate surface area is 92.5 Å². The van der Waals surface area contributed by atoms with Gasteiger partial charge in [0.15, 0.2) is 0 Å². The molecule has 2 rings (SSSR count). The summed E-state index contributed by atoms with van der Waals surface area (Å²) >= 11 is 0.